The van der Waals surface area contributed by atoms with Crippen LogP contribution in [0.5, 0.6) is 11.5 Å². The molecule has 0 amide bonds. The Kier molecular flexibility index (Phi) is 3.14. The van der Waals surface area contributed by atoms with Gasteiger partial charge < -0.3 is 14.6 Å². The molecule has 1 aliphatic rings. The van der Waals surface area contributed by atoms with Crippen molar-refractivity contribution in [3.8, 4) is 11.5 Å². The third-order valence-corrected chi connectivity index (χ3v) is 3.58. The van der Waals surface area contributed by atoms with Gasteiger partial charge in [0.05, 0.1) is 13.3 Å². The molecular weight excluding hydrogens is 256 g/mol. The second-order valence-electron chi connectivity index (χ2n) is 5.18. The Morgan fingerprint density at radius 2 is 2.30 bits per heavy atom. The van der Waals surface area contributed by atoms with Crippen LogP contribution in [0.1, 0.15) is 29.7 Å². The fourth-order valence-corrected chi connectivity index (χ4v) is 2.61. The highest BCUT2D eigenvalue weighted by atomic mass is 16.5. The fraction of sp³-hybridized carbons (Fsp3) is 0.400. The number of hydrogen-bond donors (Lipinski definition) is 1. The Bertz CT molecular complexity index is 636. The zero-order valence-corrected chi connectivity index (χ0v) is 11.8. The van der Waals surface area contributed by atoms with Crippen LogP contribution in [0.2, 0.25) is 0 Å². The molecule has 1 aromatic heterocycles. The van der Waals surface area contributed by atoms with Crippen molar-refractivity contribution in [3.05, 3.63) is 41.2 Å². The van der Waals surface area contributed by atoms with Gasteiger partial charge in [0, 0.05) is 36.4 Å². The van der Waals surface area contributed by atoms with Crippen LogP contribution in [0.25, 0.3) is 0 Å². The van der Waals surface area contributed by atoms with E-state index in [1.807, 2.05) is 26.1 Å². The number of aliphatic hydroxyl groups is 1. The number of benzene rings is 1. The first-order valence-electron chi connectivity index (χ1n) is 6.62. The van der Waals surface area contributed by atoms with Crippen molar-refractivity contribution in [3.63, 3.8) is 0 Å². The zero-order chi connectivity index (χ0) is 14.3. The minimum Gasteiger partial charge on any atom is -0.496 e. The lowest BCUT2D eigenvalue weighted by Crippen LogP contribution is -2.05. The highest BCUT2D eigenvalue weighted by Gasteiger charge is 2.25. The normalized spacial score (nSPS) is 18.5. The second-order valence-corrected chi connectivity index (χ2v) is 5.18. The molecule has 0 radical (unpaired) electrons. The van der Waals surface area contributed by atoms with E-state index in [2.05, 4.69) is 5.10 Å². The molecule has 106 valence electrons. The zero-order valence-electron chi connectivity index (χ0n) is 11.8. The Morgan fingerprint density at radius 3 is 2.95 bits per heavy atom. The summed E-state index contributed by atoms with van der Waals surface area (Å²) in [7, 11) is 3.43. The molecular formula is C15H18N2O3. The first-order chi connectivity index (χ1) is 9.58. The van der Waals surface area contributed by atoms with Gasteiger partial charge in [0.15, 0.2) is 0 Å². The van der Waals surface area contributed by atoms with Crippen LogP contribution in [0.15, 0.2) is 24.5 Å². The van der Waals surface area contributed by atoms with Crippen molar-refractivity contribution >= 4 is 0 Å². The Labute approximate surface area is 117 Å². The quantitative estimate of drug-likeness (QED) is 0.927. The maximum atomic E-state index is 10.5. The van der Waals surface area contributed by atoms with Crippen molar-refractivity contribution in [2.75, 3.05) is 7.11 Å². The van der Waals surface area contributed by atoms with Crippen LogP contribution < -0.4 is 9.47 Å². The molecule has 0 saturated carbocycles. The Balaban J connectivity index is 2.02. The maximum absolute atomic E-state index is 10.5. The average molecular weight is 274 g/mol. The first kappa shape index (κ1) is 13.0. The molecule has 0 aliphatic carbocycles. The third-order valence-electron chi connectivity index (χ3n) is 3.58. The van der Waals surface area contributed by atoms with E-state index >= 15 is 0 Å². The van der Waals surface area contributed by atoms with E-state index in [0.29, 0.717) is 11.3 Å². The number of aromatic nitrogens is 2. The van der Waals surface area contributed by atoms with Crippen LogP contribution in [-0.2, 0) is 13.5 Å². The van der Waals surface area contributed by atoms with Gasteiger partial charge in [-0.2, -0.15) is 5.10 Å². The standard InChI is InChI=1S/C15H18N2O3/c1-9-4-10-5-14(19-3)12(6-13(10)20-9)15(18)11-7-16-17(2)8-11/h5-9,15,18H,4H2,1-3H3. The number of methoxy groups -OCH3 is 1. The minimum absolute atomic E-state index is 0.167. The molecule has 2 atom stereocenters. The molecule has 0 bridgehead atoms. The summed E-state index contributed by atoms with van der Waals surface area (Å²) in [6.07, 6.45) is 3.71. The van der Waals surface area contributed by atoms with Crippen LogP contribution >= 0.6 is 0 Å². The van der Waals surface area contributed by atoms with Gasteiger partial charge in [-0.15, -0.1) is 0 Å². The number of aliphatic hydroxyl groups excluding tert-OH is 1. The van der Waals surface area contributed by atoms with Crippen molar-refractivity contribution in [1.29, 1.82) is 0 Å². The van der Waals surface area contributed by atoms with E-state index in [1.165, 1.54) is 0 Å². The lowest BCUT2D eigenvalue weighted by Gasteiger charge is -2.15. The first-order valence-corrected chi connectivity index (χ1v) is 6.62. The summed E-state index contributed by atoms with van der Waals surface area (Å²) in [4.78, 5) is 0. The van der Waals surface area contributed by atoms with Gasteiger partial charge in [0.1, 0.15) is 23.7 Å². The monoisotopic (exact) mass is 274 g/mol. The molecule has 1 aliphatic heterocycles. The Morgan fingerprint density at radius 1 is 1.50 bits per heavy atom. The average Bonchev–Trinajstić information content (AvgIpc) is 3.00. The SMILES string of the molecule is COc1cc2c(cc1C(O)c1cnn(C)c1)OC(C)C2. The van der Waals surface area contributed by atoms with E-state index < -0.39 is 6.10 Å². The summed E-state index contributed by atoms with van der Waals surface area (Å²) in [6, 6.07) is 3.82. The third kappa shape index (κ3) is 2.14. The predicted molar refractivity (Wildman–Crippen MR) is 74.1 cm³/mol. The molecule has 0 spiro atoms. The van der Waals surface area contributed by atoms with Crippen molar-refractivity contribution in [2.24, 2.45) is 7.05 Å². The molecule has 2 unspecified atom stereocenters. The highest BCUT2D eigenvalue weighted by molar-refractivity contribution is 5.51. The van der Waals surface area contributed by atoms with Crippen LogP contribution in [0.4, 0.5) is 0 Å². The number of aryl methyl sites for hydroxylation is 1. The summed E-state index contributed by atoms with van der Waals surface area (Å²) >= 11 is 0. The summed E-state index contributed by atoms with van der Waals surface area (Å²) in [5.41, 5.74) is 2.56. The largest absolute Gasteiger partial charge is 0.496 e. The molecule has 1 N–H and O–H groups in total. The minimum atomic E-state index is -0.775. The van der Waals surface area contributed by atoms with Gasteiger partial charge in [0.2, 0.25) is 0 Å². The summed E-state index contributed by atoms with van der Waals surface area (Å²) < 4.78 is 12.8. The lowest BCUT2D eigenvalue weighted by molar-refractivity contribution is 0.213. The highest BCUT2D eigenvalue weighted by Crippen LogP contribution is 2.39. The van der Waals surface area contributed by atoms with Gasteiger partial charge in [-0.25, -0.2) is 0 Å². The molecule has 20 heavy (non-hydrogen) atoms. The molecule has 0 saturated heterocycles. The van der Waals surface area contributed by atoms with Crippen LogP contribution in [0.3, 0.4) is 0 Å². The van der Waals surface area contributed by atoms with Gasteiger partial charge in [0.25, 0.3) is 0 Å². The molecule has 2 heterocycles. The number of nitrogens with zero attached hydrogens (tertiary/aromatic N) is 2. The smallest absolute Gasteiger partial charge is 0.125 e. The number of ether oxygens (including phenoxy) is 2. The lowest BCUT2D eigenvalue weighted by atomic mass is 10.00. The van der Waals surface area contributed by atoms with Gasteiger partial charge in [-0.05, 0) is 19.1 Å². The van der Waals surface area contributed by atoms with Crippen molar-refractivity contribution in [2.45, 2.75) is 25.6 Å². The summed E-state index contributed by atoms with van der Waals surface area (Å²) in [5.74, 6) is 1.51. The summed E-state index contributed by atoms with van der Waals surface area (Å²) in [6.45, 7) is 2.03. The van der Waals surface area contributed by atoms with Crippen molar-refractivity contribution in [1.82, 2.24) is 9.78 Å². The predicted octanol–water partition coefficient (Wildman–Crippen LogP) is 1.83. The van der Waals surface area contributed by atoms with E-state index in [-0.39, 0.29) is 6.10 Å². The molecule has 1 aromatic carbocycles. The molecule has 2 aromatic rings. The molecule has 5 nitrogen and oxygen atoms in total. The van der Waals surface area contributed by atoms with E-state index in [4.69, 9.17) is 9.47 Å². The number of rotatable bonds is 3. The van der Waals surface area contributed by atoms with Crippen LogP contribution in [0, 0.1) is 0 Å². The topological polar surface area (TPSA) is 56.5 Å². The van der Waals surface area contributed by atoms with Crippen LogP contribution in [-0.4, -0.2) is 28.1 Å². The van der Waals surface area contributed by atoms with Gasteiger partial charge in [-0.1, -0.05) is 0 Å². The van der Waals surface area contributed by atoms with E-state index in [9.17, 15) is 5.11 Å². The molecule has 3 rings (SSSR count). The molecule has 5 heteroatoms. The van der Waals surface area contributed by atoms with Gasteiger partial charge in [-0.3, -0.25) is 4.68 Å². The second kappa shape index (κ2) is 4.83. The van der Waals surface area contributed by atoms with E-state index in [0.717, 1.165) is 23.3 Å². The maximum Gasteiger partial charge on any atom is 0.125 e. The molecule has 0 fully saturated rings. The number of fused-ring (bicyclic) bond motifs is 1. The van der Waals surface area contributed by atoms with Crippen molar-refractivity contribution < 1.29 is 14.6 Å². The summed E-state index contributed by atoms with van der Waals surface area (Å²) in [5, 5.41) is 14.6. The van der Waals surface area contributed by atoms with E-state index in [1.54, 1.807) is 24.2 Å². The van der Waals surface area contributed by atoms with Gasteiger partial charge >= 0.3 is 0 Å². The fourth-order valence-electron chi connectivity index (χ4n) is 2.61. The Hall–Kier alpha value is -2.01. The number of hydrogen-bond acceptors (Lipinski definition) is 4.